The molecule has 3 aromatic rings. The molecule has 0 unspecified atom stereocenters. The molecule has 30 heavy (non-hydrogen) atoms. The van der Waals surface area contributed by atoms with Gasteiger partial charge in [-0.15, -0.1) is 0 Å². The first kappa shape index (κ1) is 21.8. The summed E-state index contributed by atoms with van der Waals surface area (Å²) < 4.78 is 0. The van der Waals surface area contributed by atoms with Gasteiger partial charge in [-0.1, -0.05) is 75.7 Å². The van der Waals surface area contributed by atoms with E-state index < -0.39 is 0 Å². The van der Waals surface area contributed by atoms with Gasteiger partial charge in [0.15, 0.2) is 0 Å². The minimum atomic E-state index is -0.334. The first-order chi connectivity index (χ1) is 14.4. The van der Waals surface area contributed by atoms with Gasteiger partial charge in [0.2, 0.25) is 0 Å². The van der Waals surface area contributed by atoms with E-state index in [2.05, 4.69) is 29.5 Å². The van der Waals surface area contributed by atoms with Crippen molar-refractivity contribution in [2.45, 2.75) is 46.5 Å². The van der Waals surface area contributed by atoms with E-state index in [0.29, 0.717) is 22.2 Å². The number of amides is 2. The molecule has 0 fully saturated rings. The molecule has 2 aromatic carbocycles. The fourth-order valence-electron chi connectivity index (χ4n) is 3.29. The van der Waals surface area contributed by atoms with Crippen LogP contribution >= 0.6 is 11.6 Å². The van der Waals surface area contributed by atoms with E-state index in [4.69, 9.17) is 16.6 Å². The minimum absolute atomic E-state index is 0.151. The molecule has 5 nitrogen and oxygen atoms in total. The molecule has 2 amide bonds. The summed E-state index contributed by atoms with van der Waals surface area (Å²) >= 11 is 6.42. The topological polar surface area (TPSA) is 66.9 Å². The molecular weight excluding hydrogens is 396 g/mol. The second kappa shape index (κ2) is 9.72. The summed E-state index contributed by atoms with van der Waals surface area (Å²) in [4.78, 5) is 22.0. The molecule has 0 radical (unpaired) electrons. The number of nitrogens with one attached hydrogen (secondary N) is 2. The maximum absolute atomic E-state index is 12.9. The van der Waals surface area contributed by atoms with Crippen molar-refractivity contribution in [3.8, 4) is 11.3 Å². The monoisotopic (exact) mass is 422 g/mol. The SMILES string of the molecule is CCc1cccc(CC)c1NC(=O)Nc1cnc(C(C)C)nc1-c1ccccc1Cl. The van der Waals surface area contributed by atoms with Gasteiger partial charge in [0.25, 0.3) is 0 Å². The Morgan fingerprint density at radius 3 is 2.27 bits per heavy atom. The first-order valence-corrected chi connectivity index (χ1v) is 10.6. The largest absolute Gasteiger partial charge is 0.323 e. The van der Waals surface area contributed by atoms with Crippen LogP contribution in [0.2, 0.25) is 5.02 Å². The summed E-state index contributed by atoms with van der Waals surface area (Å²) in [7, 11) is 0. The highest BCUT2D eigenvalue weighted by Gasteiger charge is 2.17. The second-order valence-corrected chi connectivity index (χ2v) is 7.77. The van der Waals surface area contributed by atoms with Crippen LogP contribution in [-0.4, -0.2) is 16.0 Å². The Morgan fingerprint density at radius 2 is 1.67 bits per heavy atom. The van der Waals surface area contributed by atoms with Crippen LogP contribution in [0.1, 0.15) is 50.6 Å². The number of anilines is 2. The lowest BCUT2D eigenvalue weighted by atomic mass is 10.0. The molecule has 156 valence electrons. The fourth-order valence-corrected chi connectivity index (χ4v) is 3.52. The molecular formula is C24H27ClN4O. The number of benzene rings is 2. The Kier molecular flexibility index (Phi) is 7.06. The Hall–Kier alpha value is -2.92. The summed E-state index contributed by atoms with van der Waals surface area (Å²) in [5, 5.41) is 6.51. The zero-order valence-electron chi connectivity index (χ0n) is 17.8. The molecule has 2 N–H and O–H groups in total. The van der Waals surface area contributed by atoms with Crippen molar-refractivity contribution >= 4 is 29.0 Å². The third-order valence-electron chi connectivity index (χ3n) is 4.94. The summed E-state index contributed by atoms with van der Waals surface area (Å²) in [5.41, 5.74) is 4.93. The van der Waals surface area contributed by atoms with Gasteiger partial charge < -0.3 is 10.6 Å². The van der Waals surface area contributed by atoms with Crippen LogP contribution in [0.4, 0.5) is 16.2 Å². The second-order valence-electron chi connectivity index (χ2n) is 7.36. The predicted molar refractivity (Wildman–Crippen MR) is 124 cm³/mol. The number of urea groups is 1. The highest BCUT2D eigenvalue weighted by molar-refractivity contribution is 6.33. The summed E-state index contributed by atoms with van der Waals surface area (Å²) in [5.74, 6) is 0.845. The maximum atomic E-state index is 12.9. The average molecular weight is 423 g/mol. The number of carbonyl (C=O) groups is 1. The van der Waals surface area contributed by atoms with Gasteiger partial charge in [0, 0.05) is 17.2 Å². The number of aromatic nitrogens is 2. The molecule has 0 spiro atoms. The molecule has 1 aromatic heterocycles. The van der Waals surface area contributed by atoms with Gasteiger partial charge in [0.05, 0.1) is 22.6 Å². The Balaban J connectivity index is 1.96. The molecule has 6 heteroatoms. The van der Waals surface area contributed by atoms with Crippen LogP contribution in [0.5, 0.6) is 0 Å². The number of nitrogens with zero attached hydrogens (tertiary/aromatic N) is 2. The van der Waals surface area contributed by atoms with E-state index in [1.54, 1.807) is 6.20 Å². The van der Waals surface area contributed by atoms with E-state index in [-0.39, 0.29) is 11.9 Å². The maximum Gasteiger partial charge on any atom is 0.323 e. The van der Waals surface area contributed by atoms with Crippen LogP contribution in [0.3, 0.4) is 0 Å². The van der Waals surface area contributed by atoms with Gasteiger partial charge in [-0.25, -0.2) is 14.8 Å². The number of rotatable bonds is 6. The highest BCUT2D eigenvalue weighted by atomic mass is 35.5. The van der Waals surface area contributed by atoms with Crippen molar-refractivity contribution in [3.05, 3.63) is 70.6 Å². The van der Waals surface area contributed by atoms with E-state index in [9.17, 15) is 4.79 Å². The van der Waals surface area contributed by atoms with E-state index in [1.807, 2.05) is 56.3 Å². The van der Waals surface area contributed by atoms with E-state index in [1.165, 1.54) is 0 Å². The van der Waals surface area contributed by atoms with Crippen molar-refractivity contribution in [3.63, 3.8) is 0 Å². The summed E-state index contributed by atoms with van der Waals surface area (Å²) in [6.45, 7) is 8.21. The van der Waals surface area contributed by atoms with Crippen LogP contribution in [-0.2, 0) is 12.8 Å². The van der Waals surface area contributed by atoms with Crippen LogP contribution < -0.4 is 10.6 Å². The number of carbonyl (C=O) groups excluding carboxylic acids is 1. The molecule has 0 aliphatic carbocycles. The normalized spacial score (nSPS) is 10.9. The van der Waals surface area contributed by atoms with Crippen LogP contribution in [0.15, 0.2) is 48.7 Å². The Bertz CT molecular complexity index is 1030. The van der Waals surface area contributed by atoms with Crippen LogP contribution in [0, 0.1) is 0 Å². The third kappa shape index (κ3) is 4.79. The predicted octanol–water partition coefficient (Wildman–Crippen LogP) is 6.69. The number of halogens is 1. The van der Waals surface area contributed by atoms with Gasteiger partial charge in [-0.05, 0) is 30.0 Å². The summed E-state index contributed by atoms with van der Waals surface area (Å²) in [6.07, 6.45) is 3.31. The third-order valence-corrected chi connectivity index (χ3v) is 5.27. The molecule has 3 rings (SSSR count). The van der Waals surface area contributed by atoms with E-state index >= 15 is 0 Å². The molecule has 1 heterocycles. The van der Waals surface area contributed by atoms with Crippen molar-refractivity contribution < 1.29 is 4.79 Å². The zero-order chi connectivity index (χ0) is 21.7. The molecule has 0 atom stereocenters. The quantitative estimate of drug-likeness (QED) is 0.465. The standard InChI is InChI=1S/C24H27ClN4O/c1-5-16-10-9-11-17(6-2)21(16)29-24(30)27-20-14-26-23(15(3)4)28-22(20)18-12-7-8-13-19(18)25/h7-15H,5-6H2,1-4H3,(H2,27,29,30). The Labute approximate surface area is 182 Å². The van der Waals surface area contributed by atoms with E-state index in [0.717, 1.165) is 35.2 Å². The average Bonchev–Trinajstić information content (AvgIpc) is 2.74. The molecule has 0 aliphatic heterocycles. The van der Waals surface area contributed by atoms with Gasteiger partial charge in [0.1, 0.15) is 5.82 Å². The van der Waals surface area contributed by atoms with Crippen molar-refractivity contribution in [1.82, 2.24) is 9.97 Å². The lowest BCUT2D eigenvalue weighted by molar-refractivity contribution is 0.262. The summed E-state index contributed by atoms with van der Waals surface area (Å²) in [6, 6.07) is 13.2. The molecule has 0 saturated heterocycles. The minimum Gasteiger partial charge on any atom is -0.307 e. The van der Waals surface area contributed by atoms with Crippen molar-refractivity contribution in [2.75, 3.05) is 10.6 Å². The van der Waals surface area contributed by atoms with Crippen molar-refractivity contribution in [1.29, 1.82) is 0 Å². The first-order valence-electron chi connectivity index (χ1n) is 10.2. The van der Waals surface area contributed by atoms with Gasteiger partial charge in [-0.2, -0.15) is 0 Å². The molecule has 0 bridgehead atoms. The van der Waals surface area contributed by atoms with Gasteiger partial charge >= 0.3 is 6.03 Å². The van der Waals surface area contributed by atoms with Crippen LogP contribution in [0.25, 0.3) is 11.3 Å². The fraction of sp³-hybridized carbons (Fsp3) is 0.292. The lowest BCUT2D eigenvalue weighted by Crippen LogP contribution is -2.22. The highest BCUT2D eigenvalue weighted by Crippen LogP contribution is 2.32. The number of hydrogen-bond donors (Lipinski definition) is 2. The zero-order valence-corrected chi connectivity index (χ0v) is 18.5. The molecule has 0 aliphatic rings. The van der Waals surface area contributed by atoms with Gasteiger partial charge in [-0.3, -0.25) is 0 Å². The number of hydrogen-bond acceptors (Lipinski definition) is 3. The number of aryl methyl sites for hydroxylation is 2. The molecule has 0 saturated carbocycles. The lowest BCUT2D eigenvalue weighted by Gasteiger charge is -2.17. The number of para-hydroxylation sites is 1. The Morgan fingerprint density at radius 1 is 1.00 bits per heavy atom. The smallest absolute Gasteiger partial charge is 0.307 e. The van der Waals surface area contributed by atoms with Crippen molar-refractivity contribution in [2.24, 2.45) is 0 Å².